The van der Waals surface area contributed by atoms with Crippen LogP contribution >= 0.6 is 27.5 Å². The summed E-state index contributed by atoms with van der Waals surface area (Å²) in [6.45, 7) is -0.169. The predicted molar refractivity (Wildman–Crippen MR) is 120 cm³/mol. The normalized spacial score (nSPS) is 11.2. The van der Waals surface area contributed by atoms with E-state index in [1.165, 1.54) is 6.21 Å². The van der Waals surface area contributed by atoms with Crippen LogP contribution in [0.4, 0.5) is 0 Å². The van der Waals surface area contributed by atoms with Crippen molar-refractivity contribution in [1.29, 1.82) is 0 Å². The molecule has 0 bridgehead atoms. The van der Waals surface area contributed by atoms with E-state index in [9.17, 15) is 4.79 Å². The molecule has 1 heterocycles. The van der Waals surface area contributed by atoms with Crippen LogP contribution in [-0.4, -0.2) is 23.7 Å². The lowest BCUT2D eigenvalue weighted by molar-refractivity contribution is -0.123. The lowest BCUT2D eigenvalue weighted by Gasteiger charge is -2.09. The molecule has 0 atom stereocenters. The summed E-state index contributed by atoms with van der Waals surface area (Å²) in [5.74, 6) is 0.204. The third-order valence-corrected chi connectivity index (χ3v) is 5.40. The van der Waals surface area contributed by atoms with Gasteiger partial charge in [0.1, 0.15) is 10.9 Å². The molecule has 0 aliphatic heterocycles. The Balaban J connectivity index is 1.39. The molecule has 1 N–H and O–H groups in total. The molecule has 144 valence electrons. The van der Waals surface area contributed by atoms with Crippen LogP contribution in [0, 0.1) is 0 Å². The Kier molecular flexibility index (Phi) is 5.74. The summed E-state index contributed by atoms with van der Waals surface area (Å²) in [7, 11) is 0. The van der Waals surface area contributed by atoms with Gasteiger partial charge in [0.2, 0.25) is 0 Å². The summed E-state index contributed by atoms with van der Waals surface area (Å²) >= 11 is 9.71. The van der Waals surface area contributed by atoms with Crippen LogP contribution in [0.5, 0.6) is 5.75 Å². The van der Waals surface area contributed by atoms with Crippen LogP contribution in [0.15, 0.2) is 76.3 Å². The van der Waals surface area contributed by atoms with Gasteiger partial charge in [-0.15, -0.1) is 0 Å². The number of ether oxygens (including phenoxy) is 1. The lowest BCUT2D eigenvalue weighted by Crippen LogP contribution is -2.24. The van der Waals surface area contributed by atoms with Crippen molar-refractivity contribution < 1.29 is 9.53 Å². The Morgan fingerprint density at radius 1 is 1.10 bits per heavy atom. The molecular weight excluding hydrogens is 454 g/mol. The number of hydrogen-bond donors (Lipinski definition) is 1. The van der Waals surface area contributed by atoms with Crippen molar-refractivity contribution in [2.45, 2.75) is 0 Å². The highest BCUT2D eigenvalue weighted by Gasteiger charge is 2.08. The number of carbonyl (C=O) groups excluding carboxylic acids is 1. The molecule has 0 radical (unpaired) electrons. The number of halogens is 2. The SMILES string of the molecule is O=C(COc1ccc2ccccc2c1Br)NN=Cc1cc2ccccc2nc1Cl. The molecule has 7 heteroatoms. The van der Waals surface area contributed by atoms with Gasteiger partial charge in [0, 0.05) is 10.9 Å². The van der Waals surface area contributed by atoms with Crippen molar-refractivity contribution in [3.63, 3.8) is 0 Å². The minimum atomic E-state index is -0.383. The van der Waals surface area contributed by atoms with E-state index in [0.717, 1.165) is 26.1 Å². The maximum atomic E-state index is 12.1. The molecule has 5 nitrogen and oxygen atoms in total. The smallest absolute Gasteiger partial charge is 0.277 e. The van der Waals surface area contributed by atoms with Gasteiger partial charge >= 0.3 is 0 Å². The number of nitrogens with zero attached hydrogens (tertiary/aromatic N) is 2. The second kappa shape index (κ2) is 8.59. The highest BCUT2D eigenvalue weighted by molar-refractivity contribution is 9.10. The Labute approximate surface area is 180 Å². The molecule has 0 saturated carbocycles. The number of carbonyl (C=O) groups is 1. The van der Waals surface area contributed by atoms with Gasteiger partial charge in [0.25, 0.3) is 5.91 Å². The van der Waals surface area contributed by atoms with Crippen LogP contribution in [0.1, 0.15) is 5.56 Å². The van der Waals surface area contributed by atoms with Crippen LogP contribution in [0.2, 0.25) is 5.15 Å². The average molecular weight is 469 g/mol. The van der Waals surface area contributed by atoms with Gasteiger partial charge in [-0.3, -0.25) is 4.79 Å². The monoisotopic (exact) mass is 467 g/mol. The third-order valence-electron chi connectivity index (χ3n) is 4.28. The predicted octanol–water partition coefficient (Wildman–Crippen LogP) is 5.33. The summed E-state index contributed by atoms with van der Waals surface area (Å²) < 4.78 is 6.43. The summed E-state index contributed by atoms with van der Waals surface area (Å²) in [5, 5.41) is 7.31. The molecule has 4 aromatic rings. The second-order valence-electron chi connectivity index (χ2n) is 6.24. The number of hydrogen-bond acceptors (Lipinski definition) is 4. The summed E-state index contributed by atoms with van der Waals surface area (Å²) in [6.07, 6.45) is 1.46. The molecule has 1 aromatic heterocycles. The number of rotatable bonds is 5. The molecule has 4 rings (SSSR count). The van der Waals surface area contributed by atoms with Gasteiger partial charge in [-0.25, -0.2) is 10.4 Å². The average Bonchev–Trinajstić information content (AvgIpc) is 2.74. The Hall–Kier alpha value is -2.96. The van der Waals surface area contributed by atoms with Crippen LogP contribution in [0.25, 0.3) is 21.7 Å². The highest BCUT2D eigenvalue weighted by Crippen LogP contribution is 2.32. The van der Waals surface area contributed by atoms with Crippen molar-refractivity contribution in [3.8, 4) is 5.75 Å². The minimum absolute atomic E-state index is 0.169. The van der Waals surface area contributed by atoms with Crippen LogP contribution < -0.4 is 10.2 Å². The fourth-order valence-electron chi connectivity index (χ4n) is 2.87. The van der Waals surface area contributed by atoms with Gasteiger partial charge in [-0.2, -0.15) is 5.10 Å². The molecular formula is C22H15BrClN3O2. The van der Waals surface area contributed by atoms with E-state index >= 15 is 0 Å². The minimum Gasteiger partial charge on any atom is -0.483 e. The topological polar surface area (TPSA) is 63.6 Å². The van der Waals surface area contributed by atoms with Gasteiger partial charge < -0.3 is 4.74 Å². The van der Waals surface area contributed by atoms with E-state index in [2.05, 4.69) is 31.4 Å². The number of hydrazone groups is 1. The lowest BCUT2D eigenvalue weighted by atomic mass is 10.1. The van der Waals surface area contributed by atoms with Crippen molar-refractivity contribution in [2.75, 3.05) is 6.61 Å². The van der Waals surface area contributed by atoms with E-state index in [-0.39, 0.29) is 12.5 Å². The van der Waals surface area contributed by atoms with Gasteiger partial charge in [-0.1, -0.05) is 60.1 Å². The van der Waals surface area contributed by atoms with E-state index in [0.29, 0.717) is 16.5 Å². The zero-order chi connectivity index (χ0) is 20.2. The van der Waals surface area contributed by atoms with Crippen LogP contribution in [0.3, 0.4) is 0 Å². The number of amides is 1. The molecule has 0 aliphatic carbocycles. The third kappa shape index (κ3) is 4.39. The fourth-order valence-corrected chi connectivity index (χ4v) is 3.68. The van der Waals surface area contributed by atoms with E-state index in [1.54, 1.807) is 0 Å². The van der Waals surface area contributed by atoms with Crippen molar-refractivity contribution in [2.24, 2.45) is 5.10 Å². The zero-order valence-electron chi connectivity index (χ0n) is 15.1. The van der Waals surface area contributed by atoms with E-state index in [4.69, 9.17) is 16.3 Å². The van der Waals surface area contributed by atoms with E-state index < -0.39 is 0 Å². The number of pyridine rings is 1. The number of nitrogens with one attached hydrogen (secondary N) is 1. The Morgan fingerprint density at radius 3 is 2.72 bits per heavy atom. The number of para-hydroxylation sites is 1. The number of fused-ring (bicyclic) bond motifs is 2. The zero-order valence-corrected chi connectivity index (χ0v) is 17.4. The molecule has 0 fully saturated rings. The van der Waals surface area contributed by atoms with Crippen molar-refractivity contribution in [1.82, 2.24) is 10.4 Å². The first kappa shape index (κ1) is 19.4. The molecule has 3 aromatic carbocycles. The first-order valence-corrected chi connectivity index (χ1v) is 9.96. The maximum absolute atomic E-state index is 12.1. The highest BCUT2D eigenvalue weighted by atomic mass is 79.9. The largest absolute Gasteiger partial charge is 0.483 e. The molecule has 0 aliphatic rings. The summed E-state index contributed by atoms with van der Waals surface area (Å²) in [6, 6.07) is 21.2. The van der Waals surface area contributed by atoms with E-state index in [1.807, 2.05) is 66.7 Å². The fraction of sp³-hybridized carbons (Fsp3) is 0.0455. The van der Waals surface area contributed by atoms with Gasteiger partial charge in [0.15, 0.2) is 6.61 Å². The number of aromatic nitrogens is 1. The Morgan fingerprint density at radius 2 is 1.86 bits per heavy atom. The first-order valence-electron chi connectivity index (χ1n) is 8.79. The second-order valence-corrected chi connectivity index (χ2v) is 7.39. The van der Waals surface area contributed by atoms with Gasteiger partial charge in [0.05, 0.1) is 16.2 Å². The van der Waals surface area contributed by atoms with Gasteiger partial charge in [-0.05, 0) is 44.9 Å². The quantitative estimate of drug-likeness (QED) is 0.244. The standard InChI is InChI=1S/C22H15BrClN3O2/c23-21-17-7-3-1-5-14(17)9-10-19(21)29-13-20(28)27-25-12-16-11-15-6-2-4-8-18(15)26-22(16)24/h1-12H,13H2,(H,27,28). The molecule has 0 spiro atoms. The molecule has 0 saturated heterocycles. The first-order chi connectivity index (χ1) is 14.1. The van der Waals surface area contributed by atoms with Crippen molar-refractivity contribution in [3.05, 3.63) is 81.9 Å². The van der Waals surface area contributed by atoms with Crippen LogP contribution in [-0.2, 0) is 4.79 Å². The molecule has 1 amide bonds. The molecule has 0 unspecified atom stereocenters. The number of benzene rings is 3. The summed E-state index contributed by atoms with van der Waals surface area (Å²) in [5.41, 5.74) is 3.85. The Bertz CT molecular complexity index is 1240. The summed E-state index contributed by atoms with van der Waals surface area (Å²) in [4.78, 5) is 16.4. The molecule has 29 heavy (non-hydrogen) atoms. The maximum Gasteiger partial charge on any atom is 0.277 e. The van der Waals surface area contributed by atoms with Crippen molar-refractivity contribution >= 4 is 61.3 Å².